The lowest BCUT2D eigenvalue weighted by Gasteiger charge is -2.07. The predicted octanol–water partition coefficient (Wildman–Crippen LogP) is 1.12. The second kappa shape index (κ2) is 5.05. The van der Waals surface area contributed by atoms with Gasteiger partial charge in [0, 0.05) is 0 Å². The van der Waals surface area contributed by atoms with Gasteiger partial charge < -0.3 is 10.5 Å². The molecule has 0 aromatic carbocycles. The minimum Gasteiger partial charge on any atom is -0.464 e. The Hall–Kier alpha value is -2.97. The summed E-state index contributed by atoms with van der Waals surface area (Å²) >= 11 is 0. The van der Waals surface area contributed by atoms with Crippen LogP contribution in [0.15, 0.2) is 47.1 Å². The van der Waals surface area contributed by atoms with Gasteiger partial charge in [0.2, 0.25) is 0 Å². The van der Waals surface area contributed by atoms with E-state index in [0.717, 1.165) is 0 Å². The van der Waals surface area contributed by atoms with E-state index in [9.17, 15) is 0 Å². The second-order valence-electron chi connectivity index (χ2n) is 2.67. The van der Waals surface area contributed by atoms with E-state index in [1.54, 1.807) is 30.4 Å². The normalized spacial score (nSPS) is 15.1. The van der Waals surface area contributed by atoms with Gasteiger partial charge in [-0.1, -0.05) is 6.08 Å². The predicted molar refractivity (Wildman–Crippen MR) is 54.4 cm³/mol. The molecule has 76 valence electrons. The van der Waals surface area contributed by atoms with Crippen LogP contribution in [0.1, 0.15) is 0 Å². The minimum atomic E-state index is -0.310. The van der Waals surface area contributed by atoms with E-state index in [1.165, 1.54) is 12.3 Å². The van der Waals surface area contributed by atoms with E-state index in [2.05, 4.69) is 0 Å². The number of allylic oxidation sites excluding steroid dienone is 5. The molecule has 0 aromatic heterocycles. The first-order valence-corrected chi connectivity index (χ1v) is 4.19. The Morgan fingerprint density at radius 2 is 1.81 bits per heavy atom. The van der Waals surface area contributed by atoms with Gasteiger partial charge in [-0.05, 0) is 12.2 Å². The van der Waals surface area contributed by atoms with Crippen molar-refractivity contribution in [2.24, 2.45) is 5.73 Å². The van der Waals surface area contributed by atoms with Gasteiger partial charge in [-0.15, -0.1) is 0 Å². The van der Waals surface area contributed by atoms with Crippen molar-refractivity contribution in [3.8, 4) is 18.2 Å². The van der Waals surface area contributed by atoms with Gasteiger partial charge in [0.05, 0.1) is 12.0 Å². The SMILES string of the molecule is N#CC(C#N)=C(N)C(C#N)=C1C=CC=CO1. The van der Waals surface area contributed by atoms with Gasteiger partial charge >= 0.3 is 0 Å². The Kier molecular flexibility index (Phi) is 3.50. The first kappa shape index (κ1) is 11.1. The zero-order valence-corrected chi connectivity index (χ0v) is 8.14. The van der Waals surface area contributed by atoms with Crippen LogP contribution in [0, 0.1) is 34.0 Å². The Bertz CT molecular complexity index is 528. The Morgan fingerprint density at radius 3 is 2.25 bits per heavy atom. The van der Waals surface area contributed by atoms with Crippen LogP contribution in [0.3, 0.4) is 0 Å². The summed E-state index contributed by atoms with van der Waals surface area (Å²) in [4.78, 5) is 0. The molecule has 5 nitrogen and oxygen atoms in total. The fourth-order valence-electron chi connectivity index (χ4n) is 1.00. The highest BCUT2D eigenvalue weighted by atomic mass is 16.5. The molecule has 1 aliphatic heterocycles. The average molecular weight is 210 g/mol. The first-order valence-electron chi connectivity index (χ1n) is 4.19. The molecule has 0 atom stereocenters. The van der Waals surface area contributed by atoms with E-state index < -0.39 is 0 Å². The van der Waals surface area contributed by atoms with Crippen LogP contribution in [0.5, 0.6) is 0 Å². The molecule has 0 spiro atoms. The summed E-state index contributed by atoms with van der Waals surface area (Å²) in [5, 5.41) is 26.2. The third-order valence-electron chi connectivity index (χ3n) is 1.75. The zero-order chi connectivity index (χ0) is 12.0. The van der Waals surface area contributed by atoms with Crippen LogP contribution in [0.2, 0.25) is 0 Å². The Morgan fingerprint density at radius 1 is 1.12 bits per heavy atom. The fraction of sp³-hybridized carbons (Fsp3) is 0. The zero-order valence-electron chi connectivity index (χ0n) is 8.14. The Labute approximate surface area is 92.3 Å². The second-order valence-corrected chi connectivity index (χ2v) is 2.67. The summed E-state index contributed by atoms with van der Waals surface area (Å²) in [6.07, 6.45) is 6.19. The van der Waals surface area contributed by atoms with Crippen molar-refractivity contribution < 1.29 is 4.74 Å². The smallest absolute Gasteiger partial charge is 0.154 e. The van der Waals surface area contributed by atoms with Crippen LogP contribution < -0.4 is 5.73 Å². The van der Waals surface area contributed by atoms with Crippen molar-refractivity contribution in [3.63, 3.8) is 0 Å². The standard InChI is InChI=1S/C11H6N4O/c12-5-8(6-13)11(15)9(7-14)10-3-1-2-4-16-10/h1-4H,15H2. The van der Waals surface area contributed by atoms with Gasteiger partial charge in [-0.3, -0.25) is 0 Å². The molecule has 2 N–H and O–H groups in total. The molecular weight excluding hydrogens is 204 g/mol. The molecular formula is C11H6N4O. The average Bonchev–Trinajstić information content (AvgIpc) is 2.33. The van der Waals surface area contributed by atoms with Crippen molar-refractivity contribution in [2.45, 2.75) is 0 Å². The Balaban J connectivity index is 3.32. The van der Waals surface area contributed by atoms with Gasteiger partial charge in [-0.2, -0.15) is 15.8 Å². The molecule has 1 heterocycles. The third-order valence-corrected chi connectivity index (χ3v) is 1.75. The van der Waals surface area contributed by atoms with Crippen molar-refractivity contribution in [1.82, 2.24) is 0 Å². The summed E-state index contributed by atoms with van der Waals surface area (Å²) < 4.78 is 5.05. The lowest BCUT2D eigenvalue weighted by molar-refractivity contribution is 0.361. The van der Waals surface area contributed by atoms with Gasteiger partial charge in [0.25, 0.3) is 0 Å². The summed E-state index contributed by atoms with van der Waals surface area (Å²) in [6.45, 7) is 0. The first-order chi connectivity index (χ1) is 7.74. The molecule has 0 unspecified atom stereocenters. The number of nitrogens with zero attached hydrogens (tertiary/aromatic N) is 3. The molecule has 0 fully saturated rings. The maximum atomic E-state index is 8.91. The van der Waals surface area contributed by atoms with Crippen LogP contribution in [0.4, 0.5) is 0 Å². The van der Waals surface area contributed by atoms with Crippen molar-refractivity contribution in [1.29, 1.82) is 15.8 Å². The summed E-state index contributed by atoms with van der Waals surface area (Å²) in [5.41, 5.74) is 5.02. The van der Waals surface area contributed by atoms with Crippen LogP contribution in [0.25, 0.3) is 0 Å². The van der Waals surface area contributed by atoms with Crippen molar-refractivity contribution in [3.05, 3.63) is 47.1 Å². The van der Waals surface area contributed by atoms with Crippen LogP contribution in [-0.2, 0) is 4.74 Å². The minimum absolute atomic E-state index is 0.0290. The summed E-state index contributed by atoms with van der Waals surface area (Å²) in [7, 11) is 0. The summed E-state index contributed by atoms with van der Waals surface area (Å²) in [6, 6.07) is 5.04. The number of hydrogen-bond acceptors (Lipinski definition) is 5. The molecule has 0 aromatic rings. The van der Waals surface area contributed by atoms with E-state index >= 15 is 0 Å². The molecule has 0 bridgehead atoms. The third kappa shape index (κ3) is 2.09. The lowest BCUT2D eigenvalue weighted by Crippen LogP contribution is -2.07. The maximum Gasteiger partial charge on any atom is 0.154 e. The molecule has 16 heavy (non-hydrogen) atoms. The van der Waals surface area contributed by atoms with E-state index in [1.807, 2.05) is 0 Å². The number of nitriles is 3. The quantitative estimate of drug-likeness (QED) is 0.652. The molecule has 0 saturated carbocycles. The molecule has 0 amide bonds. The number of nitrogens with two attached hydrogens (primary N) is 1. The molecule has 0 saturated heterocycles. The van der Waals surface area contributed by atoms with Crippen LogP contribution in [-0.4, -0.2) is 0 Å². The van der Waals surface area contributed by atoms with E-state index in [4.69, 9.17) is 26.3 Å². The fourth-order valence-corrected chi connectivity index (χ4v) is 1.00. The molecule has 5 heteroatoms. The van der Waals surface area contributed by atoms with E-state index in [-0.39, 0.29) is 22.6 Å². The topological polar surface area (TPSA) is 107 Å². The molecule has 0 radical (unpaired) electrons. The molecule has 1 rings (SSSR count). The van der Waals surface area contributed by atoms with Crippen molar-refractivity contribution >= 4 is 0 Å². The highest BCUT2D eigenvalue weighted by molar-refractivity contribution is 5.55. The lowest BCUT2D eigenvalue weighted by atomic mass is 10.1. The highest BCUT2D eigenvalue weighted by Crippen LogP contribution is 2.18. The maximum absolute atomic E-state index is 8.91. The van der Waals surface area contributed by atoms with Gasteiger partial charge in [-0.25, -0.2) is 0 Å². The van der Waals surface area contributed by atoms with Gasteiger partial charge in [0.1, 0.15) is 29.5 Å². The number of ether oxygens (including phenoxy) is 1. The number of hydrogen-bond donors (Lipinski definition) is 1. The van der Waals surface area contributed by atoms with Crippen LogP contribution >= 0.6 is 0 Å². The molecule has 1 aliphatic rings. The highest BCUT2D eigenvalue weighted by Gasteiger charge is 2.13. The van der Waals surface area contributed by atoms with E-state index in [0.29, 0.717) is 0 Å². The van der Waals surface area contributed by atoms with Crippen molar-refractivity contribution in [2.75, 3.05) is 0 Å². The molecule has 0 aliphatic carbocycles. The van der Waals surface area contributed by atoms with Gasteiger partial charge in [0.15, 0.2) is 5.57 Å². The summed E-state index contributed by atoms with van der Waals surface area (Å²) in [5.74, 6) is 0.213. The number of rotatable bonds is 1. The monoisotopic (exact) mass is 210 g/mol. The largest absolute Gasteiger partial charge is 0.464 e.